The van der Waals surface area contributed by atoms with Gasteiger partial charge in [0.25, 0.3) is 0 Å². The predicted octanol–water partition coefficient (Wildman–Crippen LogP) is 3.28. The number of rotatable bonds is 3. The molecule has 0 spiro atoms. The minimum atomic E-state index is -0.166. The molecule has 0 bridgehead atoms. The molecule has 2 amide bonds. The van der Waals surface area contributed by atoms with Crippen LogP contribution in [0.2, 0.25) is 0 Å². The molecule has 104 valence electrons. The molecular formula is C15H23N3O. The van der Waals surface area contributed by atoms with Gasteiger partial charge in [-0.05, 0) is 43.4 Å². The number of anilines is 2. The van der Waals surface area contributed by atoms with Gasteiger partial charge in [0, 0.05) is 6.54 Å². The fourth-order valence-corrected chi connectivity index (χ4v) is 2.59. The van der Waals surface area contributed by atoms with E-state index in [4.69, 9.17) is 5.73 Å². The molecule has 1 aliphatic rings. The van der Waals surface area contributed by atoms with E-state index < -0.39 is 0 Å². The summed E-state index contributed by atoms with van der Waals surface area (Å²) in [6.07, 6.45) is 6.38. The summed E-state index contributed by atoms with van der Waals surface area (Å²) in [4.78, 5) is 11.8. The molecule has 1 aromatic rings. The molecule has 1 fully saturated rings. The molecule has 19 heavy (non-hydrogen) atoms. The molecule has 0 aliphatic heterocycles. The maximum Gasteiger partial charge on any atom is 0.319 e. The third kappa shape index (κ3) is 4.16. The van der Waals surface area contributed by atoms with Crippen molar-refractivity contribution in [3.63, 3.8) is 0 Å². The molecule has 2 rings (SSSR count). The minimum Gasteiger partial charge on any atom is -0.397 e. The molecule has 0 heterocycles. The van der Waals surface area contributed by atoms with Crippen LogP contribution in [0.4, 0.5) is 16.2 Å². The van der Waals surface area contributed by atoms with Gasteiger partial charge in [-0.2, -0.15) is 0 Å². The van der Waals surface area contributed by atoms with Gasteiger partial charge in [-0.15, -0.1) is 0 Å². The number of carbonyl (C=O) groups is 1. The zero-order valence-corrected chi connectivity index (χ0v) is 11.5. The van der Waals surface area contributed by atoms with Gasteiger partial charge in [0.15, 0.2) is 0 Å². The maximum absolute atomic E-state index is 11.8. The second kappa shape index (κ2) is 6.45. The molecule has 4 N–H and O–H groups in total. The Bertz CT molecular complexity index is 439. The van der Waals surface area contributed by atoms with Crippen LogP contribution in [0.5, 0.6) is 0 Å². The first kappa shape index (κ1) is 13.7. The molecule has 1 aromatic carbocycles. The van der Waals surface area contributed by atoms with Gasteiger partial charge in [-0.1, -0.05) is 25.3 Å². The first-order valence-corrected chi connectivity index (χ1v) is 7.06. The number of amides is 2. The molecule has 0 atom stereocenters. The van der Waals surface area contributed by atoms with E-state index in [1.165, 1.54) is 32.1 Å². The van der Waals surface area contributed by atoms with E-state index in [-0.39, 0.29) is 6.03 Å². The van der Waals surface area contributed by atoms with E-state index in [9.17, 15) is 4.79 Å². The van der Waals surface area contributed by atoms with Crippen molar-refractivity contribution in [1.82, 2.24) is 5.32 Å². The highest BCUT2D eigenvalue weighted by Crippen LogP contribution is 2.23. The number of urea groups is 1. The fourth-order valence-electron chi connectivity index (χ4n) is 2.59. The molecular weight excluding hydrogens is 238 g/mol. The molecule has 0 unspecified atom stereocenters. The number of nitrogens with two attached hydrogens (primary N) is 1. The average molecular weight is 261 g/mol. The predicted molar refractivity (Wildman–Crippen MR) is 79.2 cm³/mol. The molecule has 0 aromatic heterocycles. The normalized spacial score (nSPS) is 16.1. The van der Waals surface area contributed by atoms with Gasteiger partial charge >= 0.3 is 6.03 Å². The lowest BCUT2D eigenvalue weighted by Crippen LogP contribution is -2.33. The van der Waals surface area contributed by atoms with Crippen LogP contribution in [0.1, 0.15) is 37.7 Å². The smallest absolute Gasteiger partial charge is 0.319 e. The molecule has 4 heteroatoms. The number of carbonyl (C=O) groups excluding carboxylic acids is 1. The number of hydrogen-bond donors (Lipinski definition) is 3. The Morgan fingerprint density at radius 1 is 1.32 bits per heavy atom. The van der Waals surface area contributed by atoms with Gasteiger partial charge in [0.05, 0.1) is 11.4 Å². The van der Waals surface area contributed by atoms with Crippen LogP contribution in [0.15, 0.2) is 18.2 Å². The Labute approximate surface area is 114 Å². The number of aryl methyl sites for hydroxylation is 1. The van der Waals surface area contributed by atoms with Crippen molar-refractivity contribution in [3.8, 4) is 0 Å². The Hall–Kier alpha value is -1.71. The highest BCUT2D eigenvalue weighted by atomic mass is 16.2. The Kier molecular flexibility index (Phi) is 4.66. The molecule has 1 aliphatic carbocycles. The van der Waals surface area contributed by atoms with Crippen molar-refractivity contribution in [2.24, 2.45) is 5.92 Å². The lowest BCUT2D eigenvalue weighted by Gasteiger charge is -2.21. The highest BCUT2D eigenvalue weighted by Gasteiger charge is 2.14. The largest absolute Gasteiger partial charge is 0.397 e. The number of hydrogen-bond acceptors (Lipinski definition) is 2. The van der Waals surface area contributed by atoms with E-state index in [1.807, 2.05) is 25.1 Å². The first-order chi connectivity index (χ1) is 9.15. The van der Waals surface area contributed by atoms with E-state index in [2.05, 4.69) is 10.6 Å². The van der Waals surface area contributed by atoms with Crippen LogP contribution in [0.25, 0.3) is 0 Å². The second-order valence-electron chi connectivity index (χ2n) is 5.43. The summed E-state index contributed by atoms with van der Waals surface area (Å²) >= 11 is 0. The van der Waals surface area contributed by atoms with Gasteiger partial charge < -0.3 is 16.4 Å². The van der Waals surface area contributed by atoms with Crippen molar-refractivity contribution in [1.29, 1.82) is 0 Å². The van der Waals surface area contributed by atoms with Crippen molar-refractivity contribution in [3.05, 3.63) is 23.8 Å². The lowest BCUT2D eigenvalue weighted by atomic mass is 9.89. The van der Waals surface area contributed by atoms with E-state index in [0.717, 1.165) is 12.1 Å². The summed E-state index contributed by atoms with van der Waals surface area (Å²) in [5, 5.41) is 5.74. The van der Waals surface area contributed by atoms with Crippen LogP contribution in [-0.2, 0) is 0 Å². The summed E-state index contributed by atoms with van der Waals surface area (Å²) in [5.41, 5.74) is 8.23. The third-order valence-electron chi connectivity index (χ3n) is 3.73. The summed E-state index contributed by atoms with van der Waals surface area (Å²) < 4.78 is 0. The van der Waals surface area contributed by atoms with Gasteiger partial charge in [0.2, 0.25) is 0 Å². The number of nitrogen functional groups attached to an aromatic ring is 1. The van der Waals surface area contributed by atoms with E-state index in [0.29, 0.717) is 17.3 Å². The van der Waals surface area contributed by atoms with Gasteiger partial charge in [0.1, 0.15) is 0 Å². The minimum absolute atomic E-state index is 0.166. The molecule has 1 saturated carbocycles. The van der Waals surface area contributed by atoms with E-state index >= 15 is 0 Å². The third-order valence-corrected chi connectivity index (χ3v) is 3.73. The first-order valence-electron chi connectivity index (χ1n) is 7.06. The number of nitrogens with one attached hydrogen (secondary N) is 2. The van der Waals surface area contributed by atoms with Crippen LogP contribution in [-0.4, -0.2) is 12.6 Å². The second-order valence-corrected chi connectivity index (χ2v) is 5.43. The number of benzene rings is 1. The average Bonchev–Trinajstić information content (AvgIpc) is 2.41. The maximum atomic E-state index is 11.8. The van der Waals surface area contributed by atoms with Crippen molar-refractivity contribution in [2.75, 3.05) is 17.6 Å². The standard InChI is InChI=1S/C15H23N3O/c1-11-7-8-14(13(16)9-11)18-15(19)17-10-12-5-3-2-4-6-12/h7-9,12H,2-6,10,16H2,1H3,(H2,17,18,19). The van der Waals surface area contributed by atoms with Crippen molar-refractivity contribution < 1.29 is 4.79 Å². The lowest BCUT2D eigenvalue weighted by molar-refractivity contribution is 0.247. The highest BCUT2D eigenvalue weighted by molar-refractivity contribution is 5.92. The van der Waals surface area contributed by atoms with Crippen LogP contribution in [0, 0.1) is 12.8 Å². The zero-order chi connectivity index (χ0) is 13.7. The Morgan fingerprint density at radius 3 is 2.74 bits per heavy atom. The summed E-state index contributed by atoms with van der Waals surface area (Å²) in [7, 11) is 0. The quantitative estimate of drug-likeness (QED) is 0.731. The van der Waals surface area contributed by atoms with Gasteiger partial charge in [-0.25, -0.2) is 4.79 Å². The molecule has 0 radical (unpaired) electrons. The van der Waals surface area contributed by atoms with Crippen LogP contribution < -0.4 is 16.4 Å². The summed E-state index contributed by atoms with van der Waals surface area (Å²) in [6, 6.07) is 5.47. The molecule has 0 saturated heterocycles. The fraction of sp³-hybridized carbons (Fsp3) is 0.533. The monoisotopic (exact) mass is 261 g/mol. The van der Waals surface area contributed by atoms with Crippen LogP contribution in [0.3, 0.4) is 0 Å². The van der Waals surface area contributed by atoms with E-state index in [1.54, 1.807) is 0 Å². The molecule has 4 nitrogen and oxygen atoms in total. The Morgan fingerprint density at radius 2 is 2.05 bits per heavy atom. The zero-order valence-electron chi connectivity index (χ0n) is 11.5. The van der Waals surface area contributed by atoms with Crippen molar-refractivity contribution >= 4 is 17.4 Å². The summed E-state index contributed by atoms with van der Waals surface area (Å²) in [5.74, 6) is 0.634. The van der Waals surface area contributed by atoms with Gasteiger partial charge in [-0.3, -0.25) is 0 Å². The van der Waals surface area contributed by atoms with Crippen molar-refractivity contribution in [2.45, 2.75) is 39.0 Å². The topological polar surface area (TPSA) is 67.2 Å². The Balaban J connectivity index is 1.80. The van der Waals surface area contributed by atoms with Crippen LogP contribution >= 0.6 is 0 Å². The summed E-state index contributed by atoms with van der Waals surface area (Å²) in [6.45, 7) is 2.74. The SMILES string of the molecule is Cc1ccc(NC(=O)NCC2CCCCC2)c(N)c1.